The van der Waals surface area contributed by atoms with Crippen molar-refractivity contribution in [2.75, 3.05) is 42.6 Å². The van der Waals surface area contributed by atoms with Gasteiger partial charge in [-0.25, -0.2) is 14.3 Å². The Morgan fingerprint density at radius 1 is 1.15 bits per heavy atom. The number of amides is 1. The van der Waals surface area contributed by atoms with Crippen molar-refractivity contribution in [3.63, 3.8) is 0 Å². The molecule has 1 aliphatic rings. The molecular formula is C23H31N5O5. The fraction of sp³-hybridized carbons (Fsp3) is 0.565. The van der Waals surface area contributed by atoms with E-state index in [0.717, 1.165) is 0 Å². The number of hydrogen-bond acceptors (Lipinski definition) is 8. The van der Waals surface area contributed by atoms with Crippen molar-refractivity contribution < 1.29 is 23.8 Å². The number of imidazole rings is 1. The number of morpholine rings is 1. The van der Waals surface area contributed by atoms with E-state index in [9.17, 15) is 9.59 Å². The van der Waals surface area contributed by atoms with Crippen LogP contribution in [-0.2, 0) is 19.0 Å². The molecule has 10 heteroatoms. The number of carbonyl (C=O) groups is 2. The van der Waals surface area contributed by atoms with Crippen molar-refractivity contribution in [2.45, 2.75) is 52.7 Å². The Kier molecular flexibility index (Phi) is 6.84. The monoisotopic (exact) mass is 457 g/mol. The Bertz CT molecular complexity index is 1070. The fourth-order valence-electron chi connectivity index (χ4n) is 3.25. The molecule has 3 heterocycles. The van der Waals surface area contributed by atoms with Gasteiger partial charge in [-0.3, -0.25) is 9.69 Å². The summed E-state index contributed by atoms with van der Waals surface area (Å²) in [4.78, 5) is 33.6. The van der Waals surface area contributed by atoms with Gasteiger partial charge in [-0.05, 0) is 47.5 Å². The fourth-order valence-corrected chi connectivity index (χ4v) is 3.25. The van der Waals surface area contributed by atoms with E-state index in [1.807, 2.05) is 4.90 Å². The number of anilines is 2. The van der Waals surface area contributed by atoms with Gasteiger partial charge < -0.3 is 19.1 Å². The van der Waals surface area contributed by atoms with Crippen molar-refractivity contribution in [3.05, 3.63) is 18.0 Å². The summed E-state index contributed by atoms with van der Waals surface area (Å²) in [6.07, 6.45) is 6.43. The molecule has 1 aliphatic heterocycles. The van der Waals surface area contributed by atoms with E-state index in [0.29, 0.717) is 49.1 Å². The van der Waals surface area contributed by atoms with Gasteiger partial charge in [-0.1, -0.05) is 0 Å². The maximum absolute atomic E-state index is 13.2. The Morgan fingerprint density at radius 2 is 1.79 bits per heavy atom. The molecule has 0 spiro atoms. The molecule has 2 aromatic heterocycles. The second-order valence-corrected chi connectivity index (χ2v) is 9.66. The highest BCUT2D eigenvalue weighted by Gasteiger charge is 2.31. The molecule has 0 unspecified atom stereocenters. The zero-order chi connectivity index (χ0) is 24.4. The summed E-state index contributed by atoms with van der Waals surface area (Å²) in [7, 11) is 0. The first-order valence-corrected chi connectivity index (χ1v) is 10.8. The summed E-state index contributed by atoms with van der Waals surface area (Å²) in [5.41, 5.74) is -0.406. The van der Waals surface area contributed by atoms with Gasteiger partial charge in [-0.2, -0.15) is 0 Å². The highest BCUT2D eigenvalue weighted by atomic mass is 16.6. The lowest BCUT2D eigenvalue weighted by Gasteiger charge is -2.30. The van der Waals surface area contributed by atoms with Gasteiger partial charge in [0.2, 0.25) is 0 Å². The number of rotatable bonds is 4. The van der Waals surface area contributed by atoms with E-state index in [4.69, 9.17) is 20.6 Å². The molecule has 0 aliphatic carbocycles. The van der Waals surface area contributed by atoms with Crippen LogP contribution in [0.5, 0.6) is 0 Å². The summed E-state index contributed by atoms with van der Waals surface area (Å²) in [6.45, 7) is 12.5. The minimum atomic E-state index is -0.779. The predicted octanol–water partition coefficient (Wildman–Crippen LogP) is 2.63. The maximum Gasteiger partial charge on any atom is 0.415 e. The predicted molar refractivity (Wildman–Crippen MR) is 123 cm³/mol. The number of terminal acetylenes is 1. The van der Waals surface area contributed by atoms with Crippen molar-refractivity contribution in [1.29, 1.82) is 0 Å². The third kappa shape index (κ3) is 6.14. The summed E-state index contributed by atoms with van der Waals surface area (Å²) < 4.78 is 18.0. The van der Waals surface area contributed by atoms with Gasteiger partial charge in [0.15, 0.2) is 11.5 Å². The topological polar surface area (TPSA) is 98.5 Å². The molecule has 1 amide bonds. The first-order valence-electron chi connectivity index (χ1n) is 10.8. The van der Waals surface area contributed by atoms with Crippen LogP contribution in [0, 0.1) is 12.3 Å². The lowest BCUT2D eigenvalue weighted by atomic mass is 10.2. The van der Waals surface area contributed by atoms with Crippen molar-refractivity contribution in [3.8, 4) is 12.3 Å². The zero-order valence-corrected chi connectivity index (χ0v) is 20.0. The van der Waals surface area contributed by atoms with Crippen LogP contribution >= 0.6 is 0 Å². The van der Waals surface area contributed by atoms with E-state index in [1.54, 1.807) is 47.6 Å². The van der Waals surface area contributed by atoms with Crippen LogP contribution in [0.3, 0.4) is 0 Å². The molecule has 1 fully saturated rings. The minimum Gasteiger partial charge on any atom is -0.459 e. The van der Waals surface area contributed by atoms with Gasteiger partial charge in [0.25, 0.3) is 0 Å². The molecule has 0 saturated carbocycles. The zero-order valence-electron chi connectivity index (χ0n) is 20.0. The van der Waals surface area contributed by atoms with Gasteiger partial charge in [0.05, 0.1) is 25.1 Å². The van der Waals surface area contributed by atoms with Gasteiger partial charge in [-0.15, -0.1) is 11.5 Å². The molecule has 0 aromatic carbocycles. The molecule has 33 heavy (non-hydrogen) atoms. The van der Waals surface area contributed by atoms with Crippen LogP contribution in [0.4, 0.5) is 16.3 Å². The molecular weight excluding hydrogens is 426 g/mol. The highest BCUT2D eigenvalue weighted by Crippen LogP contribution is 2.28. The molecule has 2 aromatic rings. The molecule has 178 valence electrons. The van der Waals surface area contributed by atoms with Gasteiger partial charge in [0.1, 0.15) is 23.4 Å². The van der Waals surface area contributed by atoms with Gasteiger partial charge in [0, 0.05) is 19.2 Å². The highest BCUT2D eigenvalue weighted by molar-refractivity contribution is 5.97. The molecule has 0 atom stereocenters. The Labute approximate surface area is 193 Å². The summed E-state index contributed by atoms with van der Waals surface area (Å²) in [5.74, 6) is 2.55. The number of nitrogens with zero attached hydrogens (tertiary/aromatic N) is 5. The normalized spacial score (nSPS) is 14.6. The lowest BCUT2D eigenvalue weighted by molar-refractivity contribution is -0.153. The third-order valence-electron chi connectivity index (χ3n) is 4.53. The maximum atomic E-state index is 13.2. The van der Waals surface area contributed by atoms with E-state index in [-0.39, 0.29) is 6.54 Å². The van der Waals surface area contributed by atoms with Gasteiger partial charge >= 0.3 is 12.1 Å². The van der Waals surface area contributed by atoms with Crippen molar-refractivity contribution in [2.24, 2.45) is 0 Å². The molecule has 0 radical (unpaired) electrons. The summed E-state index contributed by atoms with van der Waals surface area (Å²) >= 11 is 0. The van der Waals surface area contributed by atoms with E-state index < -0.39 is 23.3 Å². The SMILES string of the molecule is C#Cc1cnc2c(N(CC(=O)OC(C)(C)C)C(=O)OC(C)(C)C)cc(N3CCOCC3)nn12. The number of aromatic nitrogens is 3. The van der Waals surface area contributed by atoms with Crippen LogP contribution < -0.4 is 9.80 Å². The van der Waals surface area contributed by atoms with Crippen LogP contribution in [0.2, 0.25) is 0 Å². The number of esters is 1. The van der Waals surface area contributed by atoms with E-state index in [1.165, 1.54) is 15.6 Å². The Hall–Kier alpha value is -3.32. The van der Waals surface area contributed by atoms with Crippen LogP contribution in [-0.4, -0.2) is 70.7 Å². The van der Waals surface area contributed by atoms with Crippen LogP contribution in [0.15, 0.2) is 12.3 Å². The molecule has 0 N–H and O–H groups in total. The van der Waals surface area contributed by atoms with Crippen LogP contribution in [0.1, 0.15) is 47.2 Å². The minimum absolute atomic E-state index is 0.328. The lowest BCUT2D eigenvalue weighted by Crippen LogP contribution is -2.42. The molecule has 1 saturated heterocycles. The van der Waals surface area contributed by atoms with Crippen LogP contribution in [0.25, 0.3) is 5.65 Å². The largest absolute Gasteiger partial charge is 0.459 e. The first-order chi connectivity index (χ1) is 15.4. The average molecular weight is 458 g/mol. The van der Waals surface area contributed by atoms with Crippen molar-refractivity contribution in [1.82, 2.24) is 14.6 Å². The molecule has 3 rings (SSSR count). The third-order valence-corrected chi connectivity index (χ3v) is 4.53. The second kappa shape index (κ2) is 9.27. The van der Waals surface area contributed by atoms with E-state index >= 15 is 0 Å². The molecule has 0 bridgehead atoms. The smallest absolute Gasteiger partial charge is 0.415 e. The Morgan fingerprint density at radius 3 is 2.36 bits per heavy atom. The number of carbonyl (C=O) groups excluding carboxylic acids is 2. The standard InChI is InChI=1S/C23H31N5O5/c1-8-16-14-24-20-17(13-18(25-28(16)20)26-9-11-31-12-10-26)27(21(30)33-23(5,6)7)15-19(29)32-22(2,3)4/h1,13-14H,9-12,15H2,2-7H3. The first kappa shape index (κ1) is 24.3. The van der Waals surface area contributed by atoms with Crippen molar-refractivity contribution >= 4 is 29.2 Å². The van der Waals surface area contributed by atoms with E-state index in [2.05, 4.69) is 16.0 Å². The summed E-state index contributed by atoms with van der Waals surface area (Å²) in [5, 5.41) is 4.63. The average Bonchev–Trinajstić information content (AvgIpc) is 3.12. The quantitative estimate of drug-likeness (QED) is 0.510. The number of fused-ring (bicyclic) bond motifs is 1. The summed E-state index contributed by atoms with van der Waals surface area (Å²) in [6, 6.07) is 1.71. The second-order valence-electron chi connectivity index (χ2n) is 9.66. The molecule has 10 nitrogen and oxygen atoms in total. The Balaban J connectivity index is 2.12. The number of hydrogen-bond donors (Lipinski definition) is 0. The number of ether oxygens (including phenoxy) is 3.